The van der Waals surface area contributed by atoms with E-state index in [4.69, 9.17) is 21.1 Å². The number of amides is 1. The highest BCUT2D eigenvalue weighted by Gasteiger charge is 2.40. The predicted octanol–water partition coefficient (Wildman–Crippen LogP) is 3.05. The lowest BCUT2D eigenvalue weighted by molar-refractivity contribution is -0.143. The summed E-state index contributed by atoms with van der Waals surface area (Å²) < 4.78 is 39.8. The lowest BCUT2D eigenvalue weighted by Crippen LogP contribution is -2.40. The molecule has 1 amide bonds. The Morgan fingerprint density at radius 3 is 2.64 bits per heavy atom. The molecule has 1 fully saturated rings. The van der Waals surface area contributed by atoms with Gasteiger partial charge in [-0.25, -0.2) is 13.2 Å². The van der Waals surface area contributed by atoms with Crippen molar-refractivity contribution in [1.82, 2.24) is 8.87 Å². The van der Waals surface area contributed by atoms with Crippen molar-refractivity contribution in [3.63, 3.8) is 0 Å². The summed E-state index contributed by atoms with van der Waals surface area (Å²) in [7, 11) is -2.66. The molecule has 192 valence electrons. The molecule has 0 radical (unpaired) electrons. The fourth-order valence-corrected chi connectivity index (χ4v) is 8.22. The summed E-state index contributed by atoms with van der Waals surface area (Å²) in [5.74, 6) is -1.70. The first-order chi connectivity index (χ1) is 17.1. The summed E-state index contributed by atoms with van der Waals surface area (Å²) in [5, 5.41) is 0. The van der Waals surface area contributed by atoms with Gasteiger partial charge in [0, 0.05) is 6.54 Å². The van der Waals surface area contributed by atoms with E-state index < -0.39 is 33.9 Å². The summed E-state index contributed by atoms with van der Waals surface area (Å²) in [4.78, 5) is 41.9. The number of hydrogen-bond donors (Lipinski definition) is 0. The quantitative estimate of drug-likeness (QED) is 0.399. The minimum atomic E-state index is -3.93. The molecule has 36 heavy (non-hydrogen) atoms. The molecular weight excluding hydrogens is 550 g/mol. The minimum Gasteiger partial charge on any atom is -0.465 e. The highest BCUT2D eigenvalue weighted by atomic mass is 35.5. The Balaban J connectivity index is 1.75. The van der Waals surface area contributed by atoms with Gasteiger partial charge in [-0.05, 0) is 50.1 Å². The number of rotatable bonds is 7. The number of benzene rings is 1. The molecule has 1 atom stereocenters. The van der Waals surface area contributed by atoms with E-state index in [0.29, 0.717) is 33.0 Å². The molecule has 3 aromatic rings. The molecule has 1 aliphatic heterocycles. The number of esters is 2. The average molecular weight is 572 g/mol. The molecule has 1 saturated heterocycles. The van der Waals surface area contributed by atoms with Crippen molar-refractivity contribution in [2.75, 3.05) is 20.3 Å². The number of fused-ring (bicyclic) bond motifs is 1. The van der Waals surface area contributed by atoms with E-state index in [2.05, 4.69) is 4.99 Å². The van der Waals surface area contributed by atoms with E-state index in [9.17, 15) is 22.8 Å². The number of nitrogens with zero attached hydrogens (tertiary/aromatic N) is 3. The molecule has 3 heterocycles. The molecule has 1 aromatic carbocycles. The Kier molecular flexibility index (Phi) is 7.95. The second kappa shape index (κ2) is 10.8. The fourth-order valence-electron chi connectivity index (χ4n) is 3.89. The van der Waals surface area contributed by atoms with Crippen LogP contribution in [0.15, 0.2) is 39.5 Å². The van der Waals surface area contributed by atoms with E-state index in [1.54, 1.807) is 25.1 Å². The van der Waals surface area contributed by atoms with Crippen molar-refractivity contribution in [3.8, 4) is 0 Å². The number of thiazole rings is 1. The number of carbonyl (C=O) groups is 3. The maximum absolute atomic E-state index is 13.3. The Morgan fingerprint density at radius 1 is 1.19 bits per heavy atom. The molecule has 0 saturated carbocycles. The topological polar surface area (TPSA) is 124 Å². The SMILES string of the molecule is CCOC(=O)Cn1c(=NC(=O)C2CCCN2S(=O)(=O)c2ccc(Cl)s2)sc2cc(C(=O)OC)ccc21. The summed E-state index contributed by atoms with van der Waals surface area (Å²) in [6, 6.07) is 6.69. The molecule has 1 aliphatic rings. The molecule has 10 nitrogen and oxygen atoms in total. The van der Waals surface area contributed by atoms with Crippen molar-refractivity contribution < 1.29 is 32.3 Å². The third kappa shape index (κ3) is 5.25. The van der Waals surface area contributed by atoms with E-state index in [1.807, 2.05) is 0 Å². The van der Waals surface area contributed by atoms with Gasteiger partial charge in [0.15, 0.2) is 4.80 Å². The monoisotopic (exact) mass is 571 g/mol. The van der Waals surface area contributed by atoms with E-state index in [0.717, 1.165) is 27.0 Å². The molecule has 0 N–H and O–H groups in total. The lowest BCUT2D eigenvalue weighted by Gasteiger charge is -2.20. The molecule has 14 heteroatoms. The van der Waals surface area contributed by atoms with Crippen molar-refractivity contribution in [3.05, 3.63) is 45.0 Å². The van der Waals surface area contributed by atoms with Crippen LogP contribution < -0.4 is 4.80 Å². The van der Waals surface area contributed by atoms with Gasteiger partial charge in [-0.3, -0.25) is 9.59 Å². The van der Waals surface area contributed by atoms with Crippen LogP contribution in [-0.4, -0.2) is 61.4 Å². The van der Waals surface area contributed by atoms with Crippen molar-refractivity contribution in [1.29, 1.82) is 0 Å². The number of aromatic nitrogens is 1. The number of carbonyl (C=O) groups excluding carboxylic acids is 3. The molecule has 2 aromatic heterocycles. The summed E-state index contributed by atoms with van der Waals surface area (Å²) in [6.07, 6.45) is 0.817. The van der Waals surface area contributed by atoms with Crippen LogP contribution in [0.2, 0.25) is 4.34 Å². The van der Waals surface area contributed by atoms with Gasteiger partial charge in [-0.1, -0.05) is 22.9 Å². The third-order valence-electron chi connectivity index (χ3n) is 5.50. The standard InChI is InChI=1S/C22H22ClN3O7S3/c1-3-33-18(27)12-25-14-7-6-13(21(29)32-2)11-16(14)34-22(25)24-20(28)15-5-4-10-26(15)36(30,31)19-9-8-17(23)35-19/h6-9,11,15H,3-5,10,12H2,1-2H3. The van der Waals surface area contributed by atoms with Crippen LogP contribution in [0.5, 0.6) is 0 Å². The number of sulfonamides is 1. The number of thiophene rings is 1. The highest BCUT2D eigenvalue weighted by molar-refractivity contribution is 7.91. The van der Waals surface area contributed by atoms with Crippen LogP contribution in [-0.2, 0) is 35.6 Å². The van der Waals surface area contributed by atoms with Crippen LogP contribution in [0.25, 0.3) is 10.2 Å². The zero-order valence-corrected chi connectivity index (χ0v) is 22.5. The fraction of sp³-hybridized carbons (Fsp3) is 0.364. The second-order valence-electron chi connectivity index (χ2n) is 7.73. The number of ether oxygens (including phenoxy) is 2. The zero-order valence-electron chi connectivity index (χ0n) is 19.3. The van der Waals surface area contributed by atoms with Gasteiger partial charge in [0.1, 0.15) is 16.8 Å². The van der Waals surface area contributed by atoms with Crippen LogP contribution >= 0.6 is 34.3 Å². The van der Waals surface area contributed by atoms with Crippen LogP contribution in [0.4, 0.5) is 0 Å². The summed E-state index contributed by atoms with van der Waals surface area (Å²) in [6.45, 7) is 1.84. The van der Waals surface area contributed by atoms with Gasteiger partial charge in [0.05, 0.1) is 33.8 Å². The van der Waals surface area contributed by atoms with E-state index in [-0.39, 0.29) is 28.7 Å². The predicted molar refractivity (Wildman–Crippen MR) is 135 cm³/mol. The van der Waals surface area contributed by atoms with Crippen LogP contribution in [0.3, 0.4) is 0 Å². The van der Waals surface area contributed by atoms with Crippen LogP contribution in [0.1, 0.15) is 30.1 Å². The Morgan fingerprint density at radius 2 is 1.97 bits per heavy atom. The third-order valence-corrected chi connectivity index (χ3v) is 10.2. The van der Waals surface area contributed by atoms with Gasteiger partial charge in [-0.15, -0.1) is 11.3 Å². The van der Waals surface area contributed by atoms with E-state index in [1.165, 1.54) is 23.8 Å². The first-order valence-corrected chi connectivity index (χ1v) is 14.3. The number of hydrogen-bond acceptors (Lipinski definition) is 9. The lowest BCUT2D eigenvalue weighted by atomic mass is 10.2. The maximum atomic E-state index is 13.3. The van der Waals surface area contributed by atoms with Gasteiger partial charge in [0.2, 0.25) is 0 Å². The summed E-state index contributed by atoms with van der Waals surface area (Å²) in [5.41, 5.74) is 0.867. The Hall–Kier alpha value is -2.58. The van der Waals surface area contributed by atoms with Gasteiger partial charge in [-0.2, -0.15) is 9.30 Å². The van der Waals surface area contributed by atoms with Crippen LogP contribution in [0, 0.1) is 0 Å². The normalized spacial score (nSPS) is 17.0. The van der Waals surface area contributed by atoms with E-state index >= 15 is 0 Å². The molecule has 1 unspecified atom stereocenters. The van der Waals surface area contributed by atoms with Crippen molar-refractivity contribution in [2.45, 2.75) is 36.6 Å². The summed E-state index contributed by atoms with van der Waals surface area (Å²) >= 11 is 7.94. The smallest absolute Gasteiger partial charge is 0.337 e. The number of halogens is 1. The zero-order chi connectivity index (χ0) is 26.0. The van der Waals surface area contributed by atoms with Crippen molar-refractivity contribution >= 4 is 72.4 Å². The number of methoxy groups -OCH3 is 1. The molecular formula is C22H22ClN3O7S3. The molecule has 0 aliphatic carbocycles. The first-order valence-electron chi connectivity index (χ1n) is 10.9. The Bertz CT molecular complexity index is 1510. The second-order valence-corrected chi connectivity index (χ2v) is 12.6. The van der Waals surface area contributed by atoms with Gasteiger partial charge in [0.25, 0.3) is 15.9 Å². The first kappa shape index (κ1) is 26.5. The van der Waals surface area contributed by atoms with Gasteiger partial charge < -0.3 is 14.0 Å². The maximum Gasteiger partial charge on any atom is 0.337 e. The minimum absolute atomic E-state index is 0.0572. The van der Waals surface area contributed by atoms with Crippen molar-refractivity contribution in [2.24, 2.45) is 4.99 Å². The molecule has 4 rings (SSSR count). The molecule has 0 bridgehead atoms. The Labute approximate surface area is 219 Å². The molecule has 0 spiro atoms. The highest BCUT2D eigenvalue weighted by Crippen LogP contribution is 2.32. The average Bonchev–Trinajstić information content (AvgIpc) is 3.58. The largest absolute Gasteiger partial charge is 0.465 e. The van der Waals surface area contributed by atoms with Gasteiger partial charge >= 0.3 is 11.9 Å².